The van der Waals surface area contributed by atoms with Crippen molar-refractivity contribution in [3.8, 4) is 5.75 Å². The van der Waals surface area contributed by atoms with E-state index in [4.69, 9.17) is 22.1 Å². The summed E-state index contributed by atoms with van der Waals surface area (Å²) in [4.78, 5) is 24.2. The van der Waals surface area contributed by atoms with Gasteiger partial charge in [-0.05, 0) is 29.8 Å². The number of carbonyl (C=O) groups excluding carboxylic acids is 2. The summed E-state index contributed by atoms with van der Waals surface area (Å²) in [6.45, 7) is 0.134. The number of hydrogen-bond acceptors (Lipinski definition) is 3. The van der Waals surface area contributed by atoms with Gasteiger partial charge >= 0.3 is 0 Å². The predicted molar refractivity (Wildman–Crippen MR) is 91.4 cm³/mol. The molecule has 1 aliphatic rings. The number of benzene rings is 2. The van der Waals surface area contributed by atoms with Gasteiger partial charge in [0.1, 0.15) is 18.4 Å². The average molecular weight is 343 g/mol. The predicted octanol–water partition coefficient (Wildman–Crippen LogP) is 2.46. The number of nitrogens with two attached hydrogens (primary N) is 1. The molecule has 2 amide bonds. The molecule has 0 saturated heterocycles. The van der Waals surface area contributed by atoms with Gasteiger partial charge < -0.3 is 15.8 Å². The molecule has 122 valence electrons. The molecular formula is C18H15ClN2O3. The van der Waals surface area contributed by atoms with E-state index in [1.165, 1.54) is 0 Å². The zero-order chi connectivity index (χ0) is 17.1. The number of amides is 2. The van der Waals surface area contributed by atoms with Crippen molar-refractivity contribution in [3.05, 3.63) is 70.3 Å². The molecule has 3 N–H and O–H groups in total. The standard InChI is InChI=1S/C18H15ClN2O3/c19-14-7-5-11(6-8-14)16(17(20)22)21-18(23)13-9-12-3-1-2-4-15(12)24-10-13/h1-9,16H,10H2,(H2,20,22)(H,21,23)/t16-/m0/s1. The number of rotatable bonds is 4. The zero-order valence-electron chi connectivity index (χ0n) is 12.7. The van der Waals surface area contributed by atoms with E-state index in [-0.39, 0.29) is 6.61 Å². The van der Waals surface area contributed by atoms with Gasteiger partial charge in [-0.1, -0.05) is 41.9 Å². The minimum Gasteiger partial charge on any atom is -0.488 e. The third-order valence-corrected chi connectivity index (χ3v) is 3.94. The fourth-order valence-electron chi connectivity index (χ4n) is 2.44. The molecule has 24 heavy (non-hydrogen) atoms. The number of primary amides is 1. The van der Waals surface area contributed by atoms with E-state index in [9.17, 15) is 9.59 Å². The van der Waals surface area contributed by atoms with E-state index in [0.717, 1.165) is 11.3 Å². The Kier molecular flexibility index (Phi) is 4.53. The highest BCUT2D eigenvalue weighted by Crippen LogP contribution is 2.26. The first kappa shape index (κ1) is 16.1. The van der Waals surface area contributed by atoms with Crippen LogP contribution in [0.4, 0.5) is 0 Å². The maximum Gasteiger partial charge on any atom is 0.251 e. The summed E-state index contributed by atoms with van der Waals surface area (Å²) >= 11 is 5.84. The number of hydrogen-bond donors (Lipinski definition) is 2. The molecule has 0 unspecified atom stereocenters. The van der Waals surface area contributed by atoms with Crippen LogP contribution >= 0.6 is 11.6 Å². The van der Waals surface area contributed by atoms with Crippen molar-refractivity contribution in [1.82, 2.24) is 5.32 Å². The Labute approximate surface area is 144 Å². The maximum atomic E-state index is 12.5. The molecule has 0 spiro atoms. The third-order valence-electron chi connectivity index (χ3n) is 3.69. The van der Waals surface area contributed by atoms with E-state index < -0.39 is 17.9 Å². The lowest BCUT2D eigenvalue weighted by molar-refractivity contribution is -0.125. The van der Waals surface area contributed by atoms with Crippen molar-refractivity contribution in [2.75, 3.05) is 6.61 Å². The minimum absolute atomic E-state index is 0.134. The molecule has 0 saturated carbocycles. The first-order valence-corrected chi connectivity index (χ1v) is 7.70. The highest BCUT2D eigenvalue weighted by Gasteiger charge is 2.24. The van der Waals surface area contributed by atoms with Gasteiger partial charge in [0.05, 0.1) is 5.57 Å². The van der Waals surface area contributed by atoms with Crippen LogP contribution in [-0.4, -0.2) is 18.4 Å². The molecule has 0 bridgehead atoms. The minimum atomic E-state index is -0.937. The lowest BCUT2D eigenvalue weighted by Crippen LogP contribution is -2.39. The van der Waals surface area contributed by atoms with Crippen molar-refractivity contribution in [2.24, 2.45) is 5.73 Å². The van der Waals surface area contributed by atoms with E-state index >= 15 is 0 Å². The molecule has 0 fully saturated rings. The quantitative estimate of drug-likeness (QED) is 0.895. The van der Waals surface area contributed by atoms with Gasteiger partial charge in [0.2, 0.25) is 5.91 Å². The summed E-state index contributed by atoms with van der Waals surface area (Å²) in [6.07, 6.45) is 1.74. The first-order chi connectivity index (χ1) is 11.5. The molecule has 5 nitrogen and oxygen atoms in total. The first-order valence-electron chi connectivity index (χ1n) is 7.32. The molecule has 6 heteroatoms. The monoisotopic (exact) mass is 342 g/mol. The molecule has 0 aliphatic carbocycles. The van der Waals surface area contributed by atoms with Gasteiger partial charge in [-0.2, -0.15) is 0 Å². The van der Waals surface area contributed by atoms with Crippen molar-refractivity contribution in [2.45, 2.75) is 6.04 Å². The van der Waals surface area contributed by atoms with Gasteiger partial charge in [-0.3, -0.25) is 9.59 Å². The van der Waals surface area contributed by atoms with Gasteiger partial charge in [0.15, 0.2) is 0 Å². The summed E-state index contributed by atoms with van der Waals surface area (Å²) in [7, 11) is 0. The summed E-state index contributed by atoms with van der Waals surface area (Å²) in [5.41, 5.74) is 7.23. The molecule has 2 aromatic rings. The highest BCUT2D eigenvalue weighted by atomic mass is 35.5. The van der Waals surface area contributed by atoms with Crippen LogP contribution in [0, 0.1) is 0 Å². The average Bonchev–Trinajstić information content (AvgIpc) is 2.59. The Morgan fingerprint density at radius 2 is 1.83 bits per heavy atom. The number of carbonyl (C=O) groups is 2. The second-order valence-electron chi connectivity index (χ2n) is 5.36. The van der Waals surface area contributed by atoms with Gasteiger partial charge in [-0.25, -0.2) is 0 Å². The van der Waals surface area contributed by atoms with Crippen LogP contribution in [0.25, 0.3) is 6.08 Å². The largest absolute Gasteiger partial charge is 0.488 e. The maximum absolute atomic E-state index is 12.5. The van der Waals surface area contributed by atoms with Crippen molar-refractivity contribution in [1.29, 1.82) is 0 Å². The summed E-state index contributed by atoms with van der Waals surface area (Å²) in [5, 5.41) is 3.18. The Balaban J connectivity index is 1.81. The Morgan fingerprint density at radius 1 is 1.12 bits per heavy atom. The summed E-state index contributed by atoms with van der Waals surface area (Å²) < 4.78 is 5.56. The van der Waals surface area contributed by atoms with Crippen LogP contribution in [0.5, 0.6) is 5.75 Å². The molecule has 3 rings (SSSR count). The Morgan fingerprint density at radius 3 is 2.54 bits per heavy atom. The van der Waals surface area contributed by atoms with Gasteiger partial charge in [0.25, 0.3) is 5.91 Å². The molecule has 2 aromatic carbocycles. The van der Waals surface area contributed by atoms with E-state index in [1.54, 1.807) is 30.3 Å². The second kappa shape index (κ2) is 6.76. The van der Waals surface area contributed by atoms with Crippen LogP contribution in [0.2, 0.25) is 5.02 Å². The normalized spacial score (nSPS) is 14.0. The van der Waals surface area contributed by atoms with Crippen LogP contribution in [0.15, 0.2) is 54.1 Å². The van der Waals surface area contributed by atoms with Crippen molar-refractivity contribution in [3.63, 3.8) is 0 Å². The molecule has 0 aromatic heterocycles. The van der Waals surface area contributed by atoms with E-state index in [1.807, 2.05) is 24.3 Å². The fourth-order valence-corrected chi connectivity index (χ4v) is 2.57. The molecular weight excluding hydrogens is 328 g/mol. The van der Waals surface area contributed by atoms with Gasteiger partial charge in [-0.15, -0.1) is 0 Å². The highest BCUT2D eigenvalue weighted by molar-refractivity contribution is 6.30. The van der Waals surface area contributed by atoms with Crippen molar-refractivity contribution >= 4 is 29.5 Å². The second-order valence-corrected chi connectivity index (χ2v) is 5.79. The smallest absolute Gasteiger partial charge is 0.251 e. The third kappa shape index (κ3) is 3.41. The number of halogens is 1. The number of nitrogens with one attached hydrogen (secondary N) is 1. The van der Waals surface area contributed by atoms with Crippen molar-refractivity contribution < 1.29 is 14.3 Å². The molecule has 1 aliphatic heterocycles. The number of ether oxygens (including phenoxy) is 1. The van der Waals surface area contributed by atoms with Gasteiger partial charge in [0, 0.05) is 10.6 Å². The van der Waals surface area contributed by atoms with E-state index in [0.29, 0.717) is 16.2 Å². The number of para-hydroxylation sites is 1. The van der Waals surface area contributed by atoms with E-state index in [2.05, 4.69) is 5.32 Å². The Hall–Kier alpha value is -2.79. The van der Waals surface area contributed by atoms with Crippen LogP contribution in [0.3, 0.4) is 0 Å². The van der Waals surface area contributed by atoms with Crippen LogP contribution in [-0.2, 0) is 9.59 Å². The zero-order valence-corrected chi connectivity index (χ0v) is 13.4. The number of fused-ring (bicyclic) bond motifs is 1. The summed E-state index contributed by atoms with van der Waals surface area (Å²) in [5.74, 6) is -0.329. The SMILES string of the molecule is NC(=O)[C@@H](NC(=O)C1=Cc2ccccc2OC1)c1ccc(Cl)cc1. The summed E-state index contributed by atoms with van der Waals surface area (Å²) in [6, 6.07) is 13.1. The fraction of sp³-hybridized carbons (Fsp3) is 0.111. The van der Waals surface area contributed by atoms with Crippen LogP contribution in [0.1, 0.15) is 17.2 Å². The Bertz CT molecular complexity index is 815. The van der Waals surface area contributed by atoms with Crippen LogP contribution < -0.4 is 15.8 Å². The molecule has 1 atom stereocenters. The molecule has 1 heterocycles. The lowest BCUT2D eigenvalue weighted by Gasteiger charge is -2.20. The molecule has 0 radical (unpaired) electrons. The topological polar surface area (TPSA) is 81.4 Å². The lowest BCUT2D eigenvalue weighted by atomic mass is 10.0.